The van der Waals surface area contributed by atoms with Gasteiger partial charge >= 0.3 is 0 Å². The molecule has 0 saturated carbocycles. The van der Waals surface area contributed by atoms with E-state index in [4.69, 9.17) is 4.42 Å². The Bertz CT molecular complexity index is 1140. The second-order valence-corrected chi connectivity index (χ2v) is 10.5. The molecule has 0 aliphatic carbocycles. The molecule has 1 fully saturated rings. The molecule has 1 atom stereocenters. The molecule has 3 aromatic rings. The Morgan fingerprint density at radius 3 is 2.38 bits per heavy atom. The van der Waals surface area contributed by atoms with Crippen molar-refractivity contribution in [2.24, 2.45) is 0 Å². The van der Waals surface area contributed by atoms with Crippen molar-refractivity contribution in [1.29, 1.82) is 0 Å². The van der Waals surface area contributed by atoms with Crippen LogP contribution < -0.4 is 5.32 Å². The molecular formula is C22H23N3O5S2. The summed E-state index contributed by atoms with van der Waals surface area (Å²) >= 11 is 1.18. The number of sulfonamides is 1. The highest BCUT2D eigenvalue weighted by Crippen LogP contribution is 2.22. The predicted octanol–water partition coefficient (Wildman–Crippen LogP) is 2.22. The fourth-order valence-corrected chi connectivity index (χ4v) is 6.16. The van der Waals surface area contributed by atoms with E-state index in [0.717, 1.165) is 5.56 Å². The normalized spacial score (nSPS) is 15.9. The van der Waals surface area contributed by atoms with Crippen LogP contribution in [0.4, 0.5) is 0 Å². The van der Waals surface area contributed by atoms with E-state index in [-0.39, 0.29) is 37.8 Å². The number of carbonyl (C=O) groups excluding carboxylic acids is 2. The lowest BCUT2D eigenvalue weighted by Crippen LogP contribution is -2.56. The van der Waals surface area contributed by atoms with Gasteiger partial charge in [0.1, 0.15) is 10.3 Å². The summed E-state index contributed by atoms with van der Waals surface area (Å²) in [6.07, 6.45) is 1.72. The molecule has 0 unspecified atom stereocenters. The van der Waals surface area contributed by atoms with E-state index < -0.39 is 22.0 Å². The largest absolute Gasteiger partial charge is 0.459 e. The van der Waals surface area contributed by atoms with E-state index >= 15 is 0 Å². The summed E-state index contributed by atoms with van der Waals surface area (Å²) in [5.41, 5.74) is 0.907. The van der Waals surface area contributed by atoms with Crippen LogP contribution in [0, 0.1) is 0 Å². The minimum absolute atomic E-state index is 0.128. The number of hydrogen-bond donors (Lipinski definition) is 1. The molecule has 0 spiro atoms. The summed E-state index contributed by atoms with van der Waals surface area (Å²) in [5, 5.41) is 4.50. The van der Waals surface area contributed by atoms with Crippen LogP contribution in [0.1, 0.15) is 16.1 Å². The van der Waals surface area contributed by atoms with Crippen LogP contribution in [0.2, 0.25) is 0 Å². The summed E-state index contributed by atoms with van der Waals surface area (Å²) in [7, 11) is -3.55. The molecule has 2 amide bonds. The first-order valence-corrected chi connectivity index (χ1v) is 12.5. The summed E-state index contributed by atoms with van der Waals surface area (Å²) < 4.78 is 32.3. The molecule has 10 heteroatoms. The van der Waals surface area contributed by atoms with E-state index in [2.05, 4.69) is 5.32 Å². The standard InChI is InChI=1S/C22H23N3O5S2/c26-21(19-8-4-14-30-19)23-18(16-17-6-2-1-3-7-17)22(27)24-10-12-25(13-11-24)32(28,29)20-9-5-15-31-20/h1-9,14-15,18H,10-13,16H2,(H,23,26)/t18-/m0/s1. The average molecular weight is 474 g/mol. The van der Waals surface area contributed by atoms with Gasteiger partial charge in [-0.15, -0.1) is 11.3 Å². The first kappa shape index (κ1) is 22.3. The number of thiophene rings is 1. The molecular weight excluding hydrogens is 450 g/mol. The van der Waals surface area contributed by atoms with Gasteiger partial charge in [-0.2, -0.15) is 4.31 Å². The van der Waals surface area contributed by atoms with Crippen LogP contribution >= 0.6 is 11.3 Å². The van der Waals surface area contributed by atoms with Gasteiger partial charge < -0.3 is 14.6 Å². The number of rotatable bonds is 7. The summed E-state index contributed by atoms with van der Waals surface area (Å²) in [6.45, 7) is 0.920. The average Bonchev–Trinajstić information content (AvgIpc) is 3.54. The number of hydrogen-bond acceptors (Lipinski definition) is 6. The molecule has 4 rings (SSSR count). The Labute approximate surface area is 190 Å². The number of amides is 2. The molecule has 2 aromatic heterocycles. The highest BCUT2D eigenvalue weighted by molar-refractivity contribution is 7.91. The minimum Gasteiger partial charge on any atom is -0.459 e. The maximum absolute atomic E-state index is 13.3. The number of nitrogens with zero attached hydrogens (tertiary/aromatic N) is 2. The van der Waals surface area contributed by atoms with Gasteiger partial charge in [0.25, 0.3) is 15.9 Å². The lowest BCUT2D eigenvalue weighted by molar-refractivity contribution is -0.134. The first-order valence-electron chi connectivity index (χ1n) is 10.2. The third-order valence-electron chi connectivity index (χ3n) is 5.27. The monoisotopic (exact) mass is 473 g/mol. The van der Waals surface area contributed by atoms with E-state index in [1.807, 2.05) is 30.3 Å². The number of nitrogens with one attached hydrogen (secondary N) is 1. The summed E-state index contributed by atoms with van der Waals surface area (Å²) in [5.74, 6) is -0.590. The summed E-state index contributed by atoms with van der Waals surface area (Å²) in [6, 6.07) is 15.0. The van der Waals surface area contributed by atoms with E-state index in [1.165, 1.54) is 28.0 Å². The van der Waals surface area contributed by atoms with E-state index in [9.17, 15) is 18.0 Å². The maximum atomic E-state index is 13.3. The van der Waals surface area contributed by atoms with Crippen LogP contribution in [-0.2, 0) is 21.2 Å². The summed E-state index contributed by atoms with van der Waals surface area (Å²) in [4.78, 5) is 27.5. The SMILES string of the molecule is O=C(N[C@@H](Cc1ccccc1)C(=O)N1CCN(S(=O)(=O)c2cccs2)CC1)c1ccco1. The van der Waals surface area contributed by atoms with Crippen LogP contribution in [0.25, 0.3) is 0 Å². The molecule has 32 heavy (non-hydrogen) atoms. The van der Waals surface area contributed by atoms with Gasteiger partial charge in [0.05, 0.1) is 6.26 Å². The van der Waals surface area contributed by atoms with Crippen molar-refractivity contribution in [3.8, 4) is 0 Å². The Morgan fingerprint density at radius 2 is 1.75 bits per heavy atom. The molecule has 1 aliphatic rings. The zero-order chi connectivity index (χ0) is 22.6. The van der Waals surface area contributed by atoms with Crippen molar-refractivity contribution in [3.05, 3.63) is 77.6 Å². The number of benzene rings is 1. The molecule has 1 aliphatic heterocycles. The molecule has 1 saturated heterocycles. The first-order chi connectivity index (χ1) is 15.4. The topological polar surface area (TPSA) is 99.9 Å². The van der Waals surface area contributed by atoms with Gasteiger partial charge in [-0.1, -0.05) is 36.4 Å². The maximum Gasteiger partial charge on any atom is 0.287 e. The molecule has 3 heterocycles. The van der Waals surface area contributed by atoms with Gasteiger partial charge in [-0.3, -0.25) is 9.59 Å². The van der Waals surface area contributed by atoms with Gasteiger partial charge in [-0.25, -0.2) is 8.42 Å². The molecule has 8 nitrogen and oxygen atoms in total. The van der Waals surface area contributed by atoms with Crippen LogP contribution in [0.3, 0.4) is 0 Å². The number of piperazine rings is 1. The molecule has 1 aromatic carbocycles. The number of carbonyl (C=O) groups is 2. The molecule has 0 radical (unpaired) electrons. The zero-order valence-corrected chi connectivity index (χ0v) is 18.8. The highest BCUT2D eigenvalue weighted by Gasteiger charge is 2.33. The van der Waals surface area contributed by atoms with E-state index in [1.54, 1.807) is 28.5 Å². The van der Waals surface area contributed by atoms with Gasteiger partial charge in [-0.05, 0) is 29.1 Å². The lowest BCUT2D eigenvalue weighted by Gasteiger charge is -2.35. The van der Waals surface area contributed by atoms with Crippen LogP contribution in [0.15, 0.2) is 74.9 Å². The van der Waals surface area contributed by atoms with Crippen molar-refractivity contribution in [2.75, 3.05) is 26.2 Å². The van der Waals surface area contributed by atoms with Gasteiger partial charge in [0.15, 0.2) is 5.76 Å². The van der Waals surface area contributed by atoms with Gasteiger partial charge in [0.2, 0.25) is 5.91 Å². The second kappa shape index (κ2) is 9.68. The van der Waals surface area contributed by atoms with Crippen molar-refractivity contribution in [2.45, 2.75) is 16.7 Å². The quantitative estimate of drug-likeness (QED) is 0.567. The Kier molecular flexibility index (Phi) is 6.73. The Morgan fingerprint density at radius 1 is 1.00 bits per heavy atom. The smallest absolute Gasteiger partial charge is 0.287 e. The van der Waals surface area contributed by atoms with Crippen molar-refractivity contribution in [1.82, 2.24) is 14.5 Å². The number of furan rings is 1. The van der Waals surface area contributed by atoms with Crippen molar-refractivity contribution in [3.63, 3.8) is 0 Å². The van der Waals surface area contributed by atoms with Crippen LogP contribution in [-0.4, -0.2) is 61.7 Å². The second-order valence-electron chi connectivity index (χ2n) is 7.35. The van der Waals surface area contributed by atoms with Gasteiger partial charge in [0, 0.05) is 32.6 Å². The fraction of sp³-hybridized carbons (Fsp3) is 0.273. The third-order valence-corrected chi connectivity index (χ3v) is 8.54. The van der Waals surface area contributed by atoms with E-state index in [0.29, 0.717) is 10.6 Å². The van der Waals surface area contributed by atoms with Crippen LogP contribution in [0.5, 0.6) is 0 Å². The Balaban J connectivity index is 1.45. The fourth-order valence-electron chi connectivity index (χ4n) is 3.59. The van der Waals surface area contributed by atoms with Crippen molar-refractivity contribution < 1.29 is 22.4 Å². The minimum atomic E-state index is -3.55. The highest BCUT2D eigenvalue weighted by atomic mass is 32.2. The van der Waals surface area contributed by atoms with Crippen molar-refractivity contribution >= 4 is 33.2 Å². The zero-order valence-electron chi connectivity index (χ0n) is 17.2. The lowest BCUT2D eigenvalue weighted by atomic mass is 10.0. The molecule has 1 N–H and O–H groups in total. The molecule has 168 valence electrons. The molecule has 0 bridgehead atoms. The third kappa shape index (κ3) is 4.93. The predicted molar refractivity (Wildman–Crippen MR) is 120 cm³/mol. The Hall–Kier alpha value is -2.95.